The van der Waals surface area contributed by atoms with E-state index in [1.165, 1.54) is 5.01 Å². The number of likely N-dealkylation sites (N-methyl/N-ethyl adjacent to an activating group) is 1. The Morgan fingerprint density at radius 2 is 1.72 bits per heavy atom. The summed E-state index contributed by atoms with van der Waals surface area (Å²) < 4.78 is 0. The molecule has 0 fully saturated rings. The third kappa shape index (κ3) is 5.35. The molecule has 0 bridgehead atoms. The van der Waals surface area contributed by atoms with Crippen molar-refractivity contribution in [3.63, 3.8) is 0 Å². The molecule has 3 rings (SSSR count). The molecule has 0 aliphatic rings. The number of rotatable bonds is 9. The molecule has 7 N–H and O–H groups in total. The molecule has 1 aromatic heterocycles. The van der Waals surface area contributed by atoms with E-state index in [1.54, 1.807) is 36.7 Å². The first-order valence-corrected chi connectivity index (χ1v) is 10.7. The van der Waals surface area contributed by atoms with Gasteiger partial charge in [-0.05, 0) is 42.7 Å². The number of carbonyl (C=O) groups excluding carboxylic acids is 1. The molecular weight excluding hydrogens is 402 g/mol. The maximum Gasteiger partial charge on any atom is 0.251 e. The summed E-state index contributed by atoms with van der Waals surface area (Å²) in [7, 11) is 0. The Kier molecular flexibility index (Phi) is 7.64. The molecule has 0 saturated heterocycles. The topological polar surface area (TPSA) is 127 Å². The minimum atomic E-state index is -0.109. The molecule has 168 valence electrons. The molecular formula is C24H31N7O. The SMILES string of the molecule is CCN(CC)CCNC(=O)c1ccc(N(N)/C=C(\N)c2cnc(N)c3ccccc23)cc1. The van der Waals surface area contributed by atoms with Gasteiger partial charge in [0.15, 0.2) is 0 Å². The van der Waals surface area contributed by atoms with Gasteiger partial charge in [0.1, 0.15) is 5.82 Å². The number of nitrogens with zero attached hydrogens (tertiary/aromatic N) is 3. The third-order valence-corrected chi connectivity index (χ3v) is 5.45. The van der Waals surface area contributed by atoms with Crippen LogP contribution in [0.3, 0.4) is 0 Å². The number of hydrazine groups is 1. The Morgan fingerprint density at radius 3 is 2.38 bits per heavy atom. The highest BCUT2D eigenvalue weighted by molar-refractivity contribution is 5.98. The first-order chi connectivity index (χ1) is 15.4. The summed E-state index contributed by atoms with van der Waals surface area (Å²) in [5.74, 6) is 6.55. The fourth-order valence-electron chi connectivity index (χ4n) is 3.49. The quantitative estimate of drug-likeness (QED) is 0.302. The van der Waals surface area contributed by atoms with E-state index < -0.39 is 0 Å². The number of nitrogens with two attached hydrogens (primary N) is 3. The smallest absolute Gasteiger partial charge is 0.251 e. The standard InChI is InChI=1S/C24H31N7O/c1-3-30(4-2)14-13-28-24(32)17-9-11-18(12-10-17)31(27)16-22(25)21-15-29-23(26)20-8-6-5-7-19(20)21/h5-12,15-16H,3-4,13-14,25,27H2,1-2H3,(H2,26,29)(H,28,32)/b22-16-. The minimum Gasteiger partial charge on any atom is -0.397 e. The van der Waals surface area contributed by atoms with Gasteiger partial charge in [-0.25, -0.2) is 10.8 Å². The third-order valence-electron chi connectivity index (χ3n) is 5.45. The number of benzene rings is 2. The number of carbonyl (C=O) groups is 1. The van der Waals surface area contributed by atoms with Crippen LogP contribution in [0, 0.1) is 0 Å². The normalized spacial score (nSPS) is 11.7. The highest BCUT2D eigenvalue weighted by atomic mass is 16.1. The summed E-state index contributed by atoms with van der Waals surface area (Å²) in [6.45, 7) is 7.57. The molecule has 32 heavy (non-hydrogen) atoms. The highest BCUT2D eigenvalue weighted by Crippen LogP contribution is 2.26. The number of hydrogen-bond donors (Lipinski definition) is 4. The molecule has 8 nitrogen and oxygen atoms in total. The van der Waals surface area contributed by atoms with Crippen molar-refractivity contribution in [2.24, 2.45) is 11.6 Å². The average molecular weight is 434 g/mol. The van der Waals surface area contributed by atoms with Crippen molar-refractivity contribution >= 4 is 33.9 Å². The molecule has 3 aromatic rings. The number of nitrogen functional groups attached to an aromatic ring is 1. The fraction of sp³-hybridized carbons (Fsp3) is 0.250. The second-order valence-corrected chi connectivity index (χ2v) is 7.42. The lowest BCUT2D eigenvalue weighted by Gasteiger charge is -2.18. The molecule has 1 amide bonds. The fourth-order valence-corrected chi connectivity index (χ4v) is 3.49. The summed E-state index contributed by atoms with van der Waals surface area (Å²) in [5, 5.41) is 6.10. The van der Waals surface area contributed by atoms with Crippen molar-refractivity contribution < 1.29 is 4.79 Å². The number of hydrogen-bond acceptors (Lipinski definition) is 7. The lowest BCUT2D eigenvalue weighted by Crippen LogP contribution is -2.34. The predicted octanol–water partition coefficient (Wildman–Crippen LogP) is 2.53. The number of anilines is 2. The van der Waals surface area contributed by atoms with E-state index in [4.69, 9.17) is 17.3 Å². The van der Waals surface area contributed by atoms with Crippen molar-refractivity contribution in [1.82, 2.24) is 15.2 Å². The van der Waals surface area contributed by atoms with Crippen LogP contribution in [0.5, 0.6) is 0 Å². The molecule has 0 unspecified atom stereocenters. The maximum atomic E-state index is 12.4. The van der Waals surface area contributed by atoms with Gasteiger partial charge in [-0.3, -0.25) is 9.80 Å². The van der Waals surface area contributed by atoms with Gasteiger partial charge >= 0.3 is 0 Å². The minimum absolute atomic E-state index is 0.109. The van der Waals surface area contributed by atoms with Crippen LogP contribution in [0.2, 0.25) is 0 Å². The number of fused-ring (bicyclic) bond motifs is 1. The molecule has 0 aliphatic heterocycles. The Hall–Kier alpha value is -3.62. The van der Waals surface area contributed by atoms with Crippen molar-refractivity contribution in [3.05, 3.63) is 72.1 Å². The molecule has 0 radical (unpaired) electrons. The van der Waals surface area contributed by atoms with E-state index in [1.807, 2.05) is 24.3 Å². The van der Waals surface area contributed by atoms with E-state index in [-0.39, 0.29) is 5.91 Å². The van der Waals surface area contributed by atoms with Crippen LogP contribution in [0.1, 0.15) is 29.8 Å². The number of nitrogens with one attached hydrogen (secondary N) is 1. The Labute approximate surface area is 188 Å². The second kappa shape index (κ2) is 10.6. The van der Waals surface area contributed by atoms with Crippen molar-refractivity contribution in [1.29, 1.82) is 0 Å². The monoisotopic (exact) mass is 433 g/mol. The average Bonchev–Trinajstić information content (AvgIpc) is 2.82. The summed E-state index contributed by atoms with van der Waals surface area (Å²) in [4.78, 5) is 18.9. The van der Waals surface area contributed by atoms with Crippen LogP contribution >= 0.6 is 0 Å². The molecule has 1 heterocycles. The first-order valence-electron chi connectivity index (χ1n) is 10.7. The van der Waals surface area contributed by atoms with E-state index >= 15 is 0 Å². The van der Waals surface area contributed by atoms with Crippen LogP contribution < -0.4 is 27.6 Å². The summed E-state index contributed by atoms with van der Waals surface area (Å²) in [5.41, 5.74) is 14.8. The summed E-state index contributed by atoms with van der Waals surface area (Å²) in [6.07, 6.45) is 3.27. The zero-order valence-electron chi connectivity index (χ0n) is 18.6. The first kappa shape index (κ1) is 23.1. The second-order valence-electron chi connectivity index (χ2n) is 7.42. The van der Waals surface area contributed by atoms with Gasteiger partial charge in [0.25, 0.3) is 5.91 Å². The lowest BCUT2D eigenvalue weighted by molar-refractivity contribution is 0.0949. The van der Waals surface area contributed by atoms with Crippen LogP contribution in [0.4, 0.5) is 11.5 Å². The molecule has 8 heteroatoms. The van der Waals surface area contributed by atoms with Crippen molar-refractivity contribution in [2.75, 3.05) is 36.9 Å². The van der Waals surface area contributed by atoms with Gasteiger partial charge in [-0.2, -0.15) is 0 Å². The Bertz CT molecular complexity index is 1090. The van der Waals surface area contributed by atoms with E-state index in [0.717, 1.165) is 36.0 Å². The molecule has 0 atom stereocenters. The highest BCUT2D eigenvalue weighted by Gasteiger charge is 2.10. The maximum absolute atomic E-state index is 12.4. The van der Waals surface area contributed by atoms with Crippen LogP contribution in [-0.2, 0) is 0 Å². The van der Waals surface area contributed by atoms with E-state index in [0.29, 0.717) is 29.3 Å². The van der Waals surface area contributed by atoms with Gasteiger partial charge in [0, 0.05) is 42.0 Å². The molecule has 0 spiro atoms. The number of amides is 1. The zero-order valence-corrected chi connectivity index (χ0v) is 18.6. The van der Waals surface area contributed by atoms with Crippen molar-refractivity contribution in [3.8, 4) is 0 Å². The summed E-state index contributed by atoms with van der Waals surface area (Å²) in [6, 6.07) is 14.7. The van der Waals surface area contributed by atoms with Crippen LogP contribution in [0.15, 0.2) is 60.9 Å². The number of pyridine rings is 1. The molecule has 0 aliphatic carbocycles. The Morgan fingerprint density at radius 1 is 1.06 bits per heavy atom. The molecule has 0 saturated carbocycles. The van der Waals surface area contributed by atoms with Gasteiger partial charge in [-0.15, -0.1) is 0 Å². The molecule has 2 aromatic carbocycles. The van der Waals surface area contributed by atoms with Crippen LogP contribution in [-0.4, -0.2) is 42.0 Å². The van der Waals surface area contributed by atoms with Gasteiger partial charge in [0.05, 0.1) is 11.4 Å². The van der Waals surface area contributed by atoms with Gasteiger partial charge < -0.3 is 21.7 Å². The van der Waals surface area contributed by atoms with Gasteiger partial charge in [0.2, 0.25) is 0 Å². The largest absolute Gasteiger partial charge is 0.397 e. The van der Waals surface area contributed by atoms with Gasteiger partial charge in [-0.1, -0.05) is 38.1 Å². The number of aromatic nitrogens is 1. The van der Waals surface area contributed by atoms with Crippen LogP contribution in [0.25, 0.3) is 16.5 Å². The summed E-state index contributed by atoms with van der Waals surface area (Å²) >= 11 is 0. The predicted molar refractivity (Wildman–Crippen MR) is 132 cm³/mol. The Balaban J connectivity index is 1.69. The van der Waals surface area contributed by atoms with E-state index in [2.05, 4.69) is 29.0 Å². The zero-order chi connectivity index (χ0) is 23.1. The van der Waals surface area contributed by atoms with E-state index in [9.17, 15) is 4.79 Å². The lowest BCUT2D eigenvalue weighted by atomic mass is 10.1. The van der Waals surface area contributed by atoms with Crippen molar-refractivity contribution in [2.45, 2.75) is 13.8 Å².